The molecule has 0 N–H and O–H groups in total. The smallest absolute Gasteiger partial charge is 0.0784 e. The second kappa shape index (κ2) is 13.2. The van der Waals surface area contributed by atoms with E-state index in [4.69, 9.17) is 4.99 Å². The lowest BCUT2D eigenvalue weighted by Gasteiger charge is -2.26. The van der Waals surface area contributed by atoms with E-state index in [-0.39, 0.29) is 5.92 Å². The van der Waals surface area contributed by atoms with E-state index >= 15 is 0 Å². The molecule has 0 amide bonds. The zero-order valence-corrected chi connectivity index (χ0v) is 25.0. The van der Waals surface area contributed by atoms with E-state index in [0.29, 0.717) is 0 Å². The third kappa shape index (κ3) is 6.02. The van der Waals surface area contributed by atoms with Gasteiger partial charge >= 0.3 is 0 Å². The summed E-state index contributed by atoms with van der Waals surface area (Å²) < 4.78 is 0. The number of hydrogen-bond donors (Lipinski definition) is 0. The van der Waals surface area contributed by atoms with E-state index < -0.39 is 0 Å². The van der Waals surface area contributed by atoms with Gasteiger partial charge in [0.2, 0.25) is 0 Å². The van der Waals surface area contributed by atoms with Gasteiger partial charge in [-0.15, -0.1) is 0 Å². The zero-order chi connectivity index (χ0) is 30.3. The maximum absolute atomic E-state index is 5.72. The number of rotatable bonds is 7. The molecule has 1 nitrogen and oxygen atoms in total. The van der Waals surface area contributed by atoms with Gasteiger partial charge < -0.3 is 0 Å². The first-order valence-corrected chi connectivity index (χ1v) is 15.4. The second-order valence-electron chi connectivity index (χ2n) is 11.1. The zero-order valence-electron chi connectivity index (χ0n) is 25.0. The SMILES string of the molecule is C(=C\c1ccccc1)/C1=C(c2ccccc2)N=C(c2ccccc2)C(c2ccccc2)C(c2ccccc2)=C1c1ccccc1. The Bertz CT molecular complexity index is 1990. The minimum absolute atomic E-state index is 0.132. The molecular weight excluding hydrogens is 542 g/mol. The van der Waals surface area contributed by atoms with Crippen molar-refractivity contribution in [3.63, 3.8) is 0 Å². The maximum atomic E-state index is 5.72. The molecular formula is C44H33N. The van der Waals surface area contributed by atoms with Crippen molar-refractivity contribution in [1.29, 1.82) is 0 Å². The molecule has 1 heterocycles. The predicted molar refractivity (Wildman–Crippen MR) is 191 cm³/mol. The maximum Gasteiger partial charge on any atom is 0.0784 e. The highest BCUT2D eigenvalue weighted by Crippen LogP contribution is 2.48. The van der Waals surface area contributed by atoms with E-state index in [1.54, 1.807) is 0 Å². The van der Waals surface area contributed by atoms with E-state index in [0.717, 1.165) is 39.2 Å². The van der Waals surface area contributed by atoms with Crippen LogP contribution < -0.4 is 0 Å². The number of nitrogens with zero attached hydrogens (tertiary/aromatic N) is 1. The number of aliphatic imine (C=N–C) groups is 1. The molecule has 6 aromatic rings. The molecule has 0 spiro atoms. The lowest BCUT2D eigenvalue weighted by atomic mass is 9.76. The summed E-state index contributed by atoms with van der Waals surface area (Å²) in [4.78, 5) is 5.72. The summed E-state index contributed by atoms with van der Waals surface area (Å²) in [6, 6.07) is 64.3. The minimum atomic E-state index is -0.132. The average Bonchev–Trinajstić information content (AvgIpc) is 3.28. The molecule has 0 saturated heterocycles. The third-order valence-corrected chi connectivity index (χ3v) is 8.23. The summed E-state index contributed by atoms with van der Waals surface area (Å²) >= 11 is 0. The van der Waals surface area contributed by atoms with Crippen molar-refractivity contribution in [1.82, 2.24) is 0 Å². The van der Waals surface area contributed by atoms with Gasteiger partial charge in [0.25, 0.3) is 0 Å². The summed E-state index contributed by atoms with van der Waals surface area (Å²) in [5.74, 6) is -0.132. The Morgan fingerprint density at radius 2 is 0.844 bits per heavy atom. The lowest BCUT2D eigenvalue weighted by Crippen LogP contribution is -2.17. The average molecular weight is 576 g/mol. The molecule has 0 fully saturated rings. The van der Waals surface area contributed by atoms with Crippen molar-refractivity contribution in [3.05, 3.63) is 227 Å². The Hall–Kier alpha value is -5.79. The highest BCUT2D eigenvalue weighted by Gasteiger charge is 2.33. The van der Waals surface area contributed by atoms with Gasteiger partial charge in [-0.2, -0.15) is 0 Å². The molecule has 0 aromatic heterocycles. The topological polar surface area (TPSA) is 12.4 Å². The van der Waals surface area contributed by atoms with Crippen LogP contribution in [0.4, 0.5) is 0 Å². The van der Waals surface area contributed by atoms with Crippen molar-refractivity contribution < 1.29 is 0 Å². The Morgan fingerprint density at radius 1 is 0.400 bits per heavy atom. The molecule has 0 radical (unpaired) electrons. The van der Waals surface area contributed by atoms with Gasteiger partial charge in [-0.05, 0) is 39.0 Å². The Balaban J connectivity index is 1.67. The molecule has 1 atom stereocenters. The normalized spacial score (nSPS) is 15.2. The van der Waals surface area contributed by atoms with Crippen molar-refractivity contribution >= 4 is 28.6 Å². The quantitative estimate of drug-likeness (QED) is 0.180. The molecule has 1 heteroatoms. The molecule has 214 valence electrons. The first-order chi connectivity index (χ1) is 22.4. The summed E-state index contributed by atoms with van der Waals surface area (Å²) in [5, 5.41) is 0. The fraction of sp³-hybridized carbons (Fsp3) is 0.0227. The second-order valence-corrected chi connectivity index (χ2v) is 11.1. The monoisotopic (exact) mass is 575 g/mol. The van der Waals surface area contributed by atoms with Crippen LogP contribution in [-0.2, 0) is 0 Å². The predicted octanol–water partition coefficient (Wildman–Crippen LogP) is 11.0. The molecule has 1 aliphatic heterocycles. The molecule has 0 saturated carbocycles. The van der Waals surface area contributed by atoms with Gasteiger partial charge in [0.1, 0.15) is 0 Å². The van der Waals surface area contributed by atoms with Crippen LogP contribution in [-0.4, -0.2) is 5.71 Å². The first kappa shape index (κ1) is 28.0. The Kier molecular flexibility index (Phi) is 8.24. The van der Waals surface area contributed by atoms with Crippen LogP contribution in [0.2, 0.25) is 0 Å². The van der Waals surface area contributed by atoms with Gasteiger partial charge in [0, 0.05) is 11.1 Å². The first-order valence-electron chi connectivity index (χ1n) is 15.4. The molecule has 0 aliphatic carbocycles. The number of hydrogen-bond acceptors (Lipinski definition) is 1. The largest absolute Gasteiger partial charge is 0.251 e. The molecule has 0 bridgehead atoms. The van der Waals surface area contributed by atoms with E-state index in [1.165, 1.54) is 22.3 Å². The van der Waals surface area contributed by atoms with Gasteiger partial charge in [-0.1, -0.05) is 194 Å². The van der Waals surface area contributed by atoms with Crippen molar-refractivity contribution in [3.8, 4) is 0 Å². The molecule has 1 aliphatic rings. The van der Waals surface area contributed by atoms with E-state index in [9.17, 15) is 0 Å². The van der Waals surface area contributed by atoms with Crippen molar-refractivity contribution in [2.45, 2.75) is 5.92 Å². The van der Waals surface area contributed by atoms with E-state index in [2.05, 4.69) is 194 Å². The van der Waals surface area contributed by atoms with Gasteiger partial charge in [0.15, 0.2) is 0 Å². The van der Waals surface area contributed by atoms with E-state index in [1.807, 2.05) is 0 Å². The molecule has 1 unspecified atom stereocenters. The van der Waals surface area contributed by atoms with Crippen LogP contribution in [0, 0.1) is 0 Å². The van der Waals surface area contributed by atoms with Crippen molar-refractivity contribution in [2.75, 3.05) is 0 Å². The van der Waals surface area contributed by atoms with Gasteiger partial charge in [-0.3, -0.25) is 4.99 Å². The summed E-state index contributed by atoms with van der Waals surface area (Å²) in [7, 11) is 0. The van der Waals surface area contributed by atoms with Crippen LogP contribution in [0.1, 0.15) is 39.3 Å². The van der Waals surface area contributed by atoms with Crippen LogP contribution in [0.3, 0.4) is 0 Å². The summed E-state index contributed by atoms with van der Waals surface area (Å²) in [5.41, 5.74) is 12.3. The Morgan fingerprint density at radius 3 is 1.40 bits per heavy atom. The third-order valence-electron chi connectivity index (χ3n) is 8.23. The fourth-order valence-electron chi connectivity index (χ4n) is 6.17. The van der Waals surface area contributed by atoms with Crippen LogP contribution >= 0.6 is 0 Å². The van der Waals surface area contributed by atoms with Gasteiger partial charge in [0.05, 0.1) is 17.3 Å². The Labute approximate surface area is 265 Å². The summed E-state index contributed by atoms with van der Waals surface area (Å²) in [6.07, 6.45) is 4.48. The number of benzene rings is 6. The summed E-state index contributed by atoms with van der Waals surface area (Å²) in [6.45, 7) is 0. The van der Waals surface area contributed by atoms with Gasteiger partial charge in [-0.25, -0.2) is 0 Å². The molecule has 6 aromatic carbocycles. The van der Waals surface area contributed by atoms with Crippen molar-refractivity contribution in [2.24, 2.45) is 4.99 Å². The highest BCUT2D eigenvalue weighted by molar-refractivity contribution is 6.21. The van der Waals surface area contributed by atoms with Crippen LogP contribution in [0.25, 0.3) is 22.9 Å². The minimum Gasteiger partial charge on any atom is -0.251 e. The van der Waals surface area contributed by atoms with Crippen LogP contribution in [0.5, 0.6) is 0 Å². The standard InChI is InChI=1S/C44H33N/c1-7-19-33(20-8-1)31-32-39-40(34-21-9-2-10-22-34)41(35-23-11-3-12-24-35)42(36-25-13-4-14-26-36)44(38-29-17-6-18-30-38)45-43(39)37-27-15-5-16-28-37/h1-32,42H/b32-31+. The fourth-order valence-corrected chi connectivity index (χ4v) is 6.17. The van der Waals surface area contributed by atoms with Crippen LogP contribution in [0.15, 0.2) is 199 Å². The highest BCUT2D eigenvalue weighted by atomic mass is 14.8. The molecule has 7 rings (SSSR count). The number of allylic oxidation sites excluding steroid dienone is 4. The lowest BCUT2D eigenvalue weighted by molar-refractivity contribution is 1.15. The molecule has 45 heavy (non-hydrogen) atoms.